The summed E-state index contributed by atoms with van der Waals surface area (Å²) in [6.45, 7) is 8.30. The van der Waals surface area contributed by atoms with Crippen LogP contribution in [0.3, 0.4) is 0 Å². The lowest BCUT2D eigenvalue weighted by molar-refractivity contribution is -0.129. The van der Waals surface area contributed by atoms with Gasteiger partial charge in [-0.05, 0) is 53.8 Å². The van der Waals surface area contributed by atoms with Gasteiger partial charge in [0.15, 0.2) is 5.76 Å². The van der Waals surface area contributed by atoms with Crippen LogP contribution in [0.1, 0.15) is 37.5 Å². The van der Waals surface area contributed by atoms with Crippen molar-refractivity contribution in [1.29, 1.82) is 0 Å². The number of benzene rings is 3. The molecule has 1 heterocycles. The van der Waals surface area contributed by atoms with Gasteiger partial charge in [-0.25, -0.2) is 4.79 Å². The molecule has 34 heavy (non-hydrogen) atoms. The summed E-state index contributed by atoms with van der Waals surface area (Å²) in [6, 6.07) is 20.2. The van der Waals surface area contributed by atoms with Crippen LogP contribution in [0.25, 0.3) is 28.4 Å². The highest BCUT2D eigenvalue weighted by molar-refractivity contribution is 6.33. The van der Waals surface area contributed by atoms with Crippen LogP contribution in [0.15, 0.2) is 82.0 Å². The molecular weight excluding hydrogens is 448 g/mol. The molecule has 0 radical (unpaired) electrons. The molecule has 0 aliphatic carbocycles. The molecule has 0 aliphatic heterocycles. The van der Waals surface area contributed by atoms with Crippen molar-refractivity contribution in [3.8, 4) is 17.1 Å². The van der Waals surface area contributed by atoms with E-state index in [0.717, 1.165) is 11.1 Å². The van der Waals surface area contributed by atoms with Gasteiger partial charge in [0.25, 0.3) is 0 Å². The molecule has 0 spiro atoms. The molecule has 3 aromatic carbocycles. The molecule has 0 amide bonds. The van der Waals surface area contributed by atoms with E-state index in [-0.39, 0.29) is 16.9 Å². The summed E-state index contributed by atoms with van der Waals surface area (Å²) in [5.41, 5.74) is 3.39. The third kappa shape index (κ3) is 4.97. The largest absolute Gasteiger partial charge is 0.452 e. The first-order chi connectivity index (χ1) is 16.1. The summed E-state index contributed by atoms with van der Waals surface area (Å²) < 4.78 is 11.6. The van der Waals surface area contributed by atoms with Gasteiger partial charge in [-0.1, -0.05) is 80.4 Å². The van der Waals surface area contributed by atoms with Gasteiger partial charge in [0.05, 0.1) is 10.4 Å². The molecule has 1 aromatic heterocycles. The van der Waals surface area contributed by atoms with Crippen molar-refractivity contribution in [2.45, 2.75) is 33.1 Å². The van der Waals surface area contributed by atoms with E-state index in [1.54, 1.807) is 42.5 Å². The average Bonchev–Trinajstić information content (AvgIpc) is 2.80. The van der Waals surface area contributed by atoms with Crippen molar-refractivity contribution in [3.63, 3.8) is 0 Å². The fraction of sp³-hybridized carbons (Fsp3) is 0.172. The molecule has 0 atom stereocenters. The fourth-order valence-corrected chi connectivity index (χ4v) is 3.82. The van der Waals surface area contributed by atoms with Crippen LogP contribution < -0.4 is 10.2 Å². The maximum Gasteiger partial charge on any atom is 0.336 e. The van der Waals surface area contributed by atoms with Crippen LogP contribution in [0.2, 0.25) is 5.02 Å². The summed E-state index contributed by atoms with van der Waals surface area (Å²) in [5, 5.41) is 0.712. The van der Waals surface area contributed by atoms with E-state index in [4.69, 9.17) is 20.8 Å². The second-order valence-electron chi connectivity index (χ2n) is 9.20. The summed E-state index contributed by atoms with van der Waals surface area (Å²) in [6.07, 6.45) is 2.94. The second kappa shape index (κ2) is 9.32. The molecule has 4 aromatic rings. The maximum atomic E-state index is 13.3. The molecule has 0 aliphatic rings. The number of hydrogen-bond acceptors (Lipinski definition) is 4. The zero-order valence-electron chi connectivity index (χ0n) is 19.5. The van der Waals surface area contributed by atoms with Crippen molar-refractivity contribution in [3.05, 3.63) is 105 Å². The van der Waals surface area contributed by atoms with Crippen molar-refractivity contribution >= 4 is 34.6 Å². The Morgan fingerprint density at radius 2 is 1.71 bits per heavy atom. The topological polar surface area (TPSA) is 56.5 Å². The van der Waals surface area contributed by atoms with E-state index in [1.807, 2.05) is 37.3 Å². The van der Waals surface area contributed by atoms with Crippen LogP contribution >= 0.6 is 11.6 Å². The van der Waals surface area contributed by atoms with E-state index in [9.17, 15) is 9.59 Å². The normalized spacial score (nSPS) is 11.8. The number of aryl methyl sites for hydroxylation is 1. The van der Waals surface area contributed by atoms with E-state index in [0.29, 0.717) is 21.6 Å². The molecule has 4 nitrogen and oxygen atoms in total. The molecule has 0 bridgehead atoms. The quantitative estimate of drug-likeness (QED) is 0.230. The van der Waals surface area contributed by atoms with Gasteiger partial charge in [-0.3, -0.25) is 4.79 Å². The van der Waals surface area contributed by atoms with Crippen molar-refractivity contribution < 1.29 is 13.9 Å². The van der Waals surface area contributed by atoms with E-state index in [1.165, 1.54) is 11.6 Å². The van der Waals surface area contributed by atoms with Gasteiger partial charge in [0.1, 0.15) is 5.58 Å². The van der Waals surface area contributed by atoms with Crippen molar-refractivity contribution in [2.24, 2.45) is 0 Å². The molecule has 4 rings (SSSR count). The summed E-state index contributed by atoms with van der Waals surface area (Å²) in [4.78, 5) is 26.0. The number of halogens is 1. The summed E-state index contributed by atoms with van der Waals surface area (Å²) >= 11 is 6.37. The molecule has 0 N–H and O–H groups in total. The Labute approximate surface area is 203 Å². The fourth-order valence-electron chi connectivity index (χ4n) is 3.60. The average molecular weight is 473 g/mol. The van der Waals surface area contributed by atoms with Crippen LogP contribution in [-0.4, -0.2) is 5.97 Å². The zero-order valence-corrected chi connectivity index (χ0v) is 20.3. The minimum absolute atomic E-state index is 0.0404. The highest BCUT2D eigenvalue weighted by Gasteiger charge is 2.21. The monoisotopic (exact) mass is 472 g/mol. The number of hydrogen-bond donors (Lipinski definition) is 0. The van der Waals surface area contributed by atoms with Gasteiger partial charge in [0, 0.05) is 11.6 Å². The number of carbonyl (C=O) groups excluding carboxylic acids is 1. The minimum atomic E-state index is -0.687. The summed E-state index contributed by atoms with van der Waals surface area (Å²) in [5.74, 6) is -0.764. The second-order valence-corrected chi connectivity index (χ2v) is 9.60. The van der Waals surface area contributed by atoms with E-state index < -0.39 is 11.4 Å². The number of fused-ring (bicyclic) bond motifs is 1. The number of carbonyl (C=O) groups is 1. The highest BCUT2D eigenvalue weighted by atomic mass is 35.5. The van der Waals surface area contributed by atoms with Gasteiger partial charge in [0.2, 0.25) is 11.2 Å². The molecular formula is C29H25ClO4. The Hall–Kier alpha value is -3.63. The summed E-state index contributed by atoms with van der Waals surface area (Å²) in [7, 11) is 0. The molecule has 0 saturated carbocycles. The first-order valence-electron chi connectivity index (χ1n) is 11.0. The smallest absolute Gasteiger partial charge is 0.336 e. The lowest BCUT2D eigenvalue weighted by atomic mass is 9.87. The Morgan fingerprint density at radius 1 is 1.00 bits per heavy atom. The molecule has 0 unspecified atom stereocenters. The predicted octanol–water partition coefficient (Wildman–Crippen LogP) is 7.34. The molecule has 5 heteroatoms. The lowest BCUT2D eigenvalue weighted by Gasteiger charge is -2.18. The van der Waals surface area contributed by atoms with E-state index in [2.05, 4.69) is 20.8 Å². The van der Waals surface area contributed by atoms with E-state index >= 15 is 0 Å². The Balaban J connectivity index is 1.71. The first-order valence-corrected chi connectivity index (χ1v) is 11.3. The van der Waals surface area contributed by atoms with Crippen LogP contribution in [0.5, 0.6) is 5.75 Å². The Bertz CT molecular complexity index is 1450. The lowest BCUT2D eigenvalue weighted by Crippen LogP contribution is -2.14. The first kappa shape index (κ1) is 23.5. The maximum absolute atomic E-state index is 13.3. The van der Waals surface area contributed by atoms with Crippen LogP contribution in [0, 0.1) is 6.92 Å². The third-order valence-corrected chi connectivity index (χ3v) is 5.84. The van der Waals surface area contributed by atoms with Crippen molar-refractivity contribution in [1.82, 2.24) is 0 Å². The predicted molar refractivity (Wildman–Crippen MR) is 137 cm³/mol. The van der Waals surface area contributed by atoms with Gasteiger partial charge in [-0.2, -0.15) is 0 Å². The van der Waals surface area contributed by atoms with Gasteiger partial charge < -0.3 is 9.15 Å². The Morgan fingerprint density at radius 3 is 2.38 bits per heavy atom. The van der Waals surface area contributed by atoms with Crippen molar-refractivity contribution in [2.75, 3.05) is 0 Å². The minimum Gasteiger partial charge on any atom is -0.452 e. The van der Waals surface area contributed by atoms with Crippen LogP contribution in [-0.2, 0) is 10.2 Å². The standard InChI is InChI=1S/C29H25ClO4/c1-18-9-15-24-22(17-18)26(32)28(27(33-24)21-7-5-6-8-23(21)30)34-25(31)16-12-19-10-13-20(14-11-19)29(2,3)4/h5-17H,1-4H3. The molecule has 0 saturated heterocycles. The van der Waals surface area contributed by atoms with Crippen LogP contribution in [0.4, 0.5) is 0 Å². The number of ether oxygens (including phenoxy) is 1. The zero-order chi connectivity index (χ0) is 24.5. The third-order valence-electron chi connectivity index (χ3n) is 5.51. The Kier molecular flexibility index (Phi) is 6.45. The number of rotatable bonds is 4. The van der Waals surface area contributed by atoms with Gasteiger partial charge in [-0.15, -0.1) is 0 Å². The SMILES string of the molecule is Cc1ccc2oc(-c3ccccc3Cl)c(OC(=O)C=Cc3ccc(C(C)(C)C)cc3)c(=O)c2c1. The highest BCUT2D eigenvalue weighted by Crippen LogP contribution is 2.35. The number of esters is 1. The molecule has 0 fully saturated rings. The molecule has 172 valence electrons. The van der Waals surface area contributed by atoms with Gasteiger partial charge >= 0.3 is 5.97 Å².